The summed E-state index contributed by atoms with van der Waals surface area (Å²) in [7, 11) is 0. The van der Waals surface area contributed by atoms with Crippen LogP contribution in [0.4, 0.5) is 0 Å². The van der Waals surface area contributed by atoms with Crippen LogP contribution in [0.25, 0.3) is 0 Å². The first kappa shape index (κ1) is 16.7. The second-order valence-electron chi connectivity index (χ2n) is 4.12. The zero-order valence-electron chi connectivity index (χ0n) is 11.0. The van der Waals surface area contributed by atoms with Crippen LogP contribution in [0.1, 0.15) is 32.5 Å². The number of nitrogens with one attached hydrogen (secondary N) is 1. The minimum atomic E-state index is -0.323. The number of hydrogen-bond acceptors (Lipinski definition) is 2. The zero-order chi connectivity index (χ0) is 12.7. The summed E-state index contributed by atoms with van der Waals surface area (Å²) in [5, 5.41) is 0. The Labute approximate surface area is 114 Å². The normalized spacial score (nSPS) is 9.67. The lowest BCUT2D eigenvalue weighted by molar-refractivity contribution is -0.703. The number of carbonyl (C=O) groups excluding carboxylic acids is 1. The molecule has 0 radical (unpaired) electrons. The molecule has 102 valence electrons. The van der Waals surface area contributed by atoms with E-state index in [2.05, 4.69) is 23.1 Å². The molecule has 1 rings (SSSR count). The van der Waals surface area contributed by atoms with Crippen LogP contribution >= 0.6 is 0 Å². The summed E-state index contributed by atoms with van der Waals surface area (Å²) in [4.78, 5) is 14.4. The number of esters is 1. The zero-order valence-corrected chi connectivity index (χ0v) is 11.8. The Hall–Kier alpha value is -1.29. The van der Waals surface area contributed by atoms with Gasteiger partial charge >= 0.3 is 5.97 Å². The van der Waals surface area contributed by atoms with Crippen molar-refractivity contribution in [1.82, 2.24) is 4.98 Å². The van der Waals surface area contributed by atoms with Crippen LogP contribution in [0.5, 0.6) is 0 Å². The van der Waals surface area contributed by atoms with E-state index in [0.717, 1.165) is 12.8 Å². The van der Waals surface area contributed by atoms with Gasteiger partial charge in [-0.25, -0.2) is 14.3 Å². The van der Waals surface area contributed by atoms with Gasteiger partial charge in [-0.3, -0.25) is 0 Å². The van der Waals surface area contributed by atoms with Crippen LogP contribution in [-0.4, -0.2) is 17.6 Å². The maximum absolute atomic E-state index is 11.2. The van der Waals surface area contributed by atoms with E-state index in [-0.39, 0.29) is 18.4 Å². The largest absolute Gasteiger partial charge is 1.00 e. The van der Waals surface area contributed by atoms with Gasteiger partial charge < -0.3 is 17.1 Å². The van der Waals surface area contributed by atoms with E-state index in [0.29, 0.717) is 18.7 Å². The number of aryl methyl sites for hydroxylation is 1. The van der Waals surface area contributed by atoms with E-state index in [1.807, 2.05) is 12.4 Å². The summed E-state index contributed by atoms with van der Waals surface area (Å²) in [6, 6.07) is 0. The van der Waals surface area contributed by atoms with Crippen molar-refractivity contribution < 1.29 is 26.5 Å². The van der Waals surface area contributed by atoms with Gasteiger partial charge in [0, 0.05) is 12.0 Å². The molecule has 1 N–H and O–H groups in total. The third kappa shape index (κ3) is 5.36. The van der Waals surface area contributed by atoms with Gasteiger partial charge in [0.1, 0.15) is 25.5 Å². The smallest absolute Gasteiger partial charge is 0.333 e. The van der Waals surface area contributed by atoms with Crippen molar-refractivity contribution in [1.29, 1.82) is 0 Å². The second kappa shape index (κ2) is 8.75. The minimum absolute atomic E-state index is 0. The molecule has 0 spiro atoms. The molecule has 0 unspecified atom stereocenters. The quantitative estimate of drug-likeness (QED) is 0.384. The van der Waals surface area contributed by atoms with Gasteiger partial charge in [-0.05, 0) is 13.3 Å². The van der Waals surface area contributed by atoms with Crippen molar-refractivity contribution in [2.24, 2.45) is 0 Å². The highest BCUT2D eigenvalue weighted by Crippen LogP contribution is 1.97. The summed E-state index contributed by atoms with van der Waals surface area (Å²) < 4.78 is 7.15. The van der Waals surface area contributed by atoms with Crippen molar-refractivity contribution in [2.75, 3.05) is 6.61 Å². The average Bonchev–Trinajstić information content (AvgIpc) is 2.73. The Morgan fingerprint density at radius 2 is 2.28 bits per heavy atom. The summed E-state index contributed by atoms with van der Waals surface area (Å²) in [6.45, 7) is 8.43. The summed E-state index contributed by atoms with van der Waals surface area (Å²) in [5.74, 6) is 0.856. The number of hydrogen-bond donors (Lipinski definition) is 1. The maximum atomic E-state index is 11.2. The molecule has 4 nitrogen and oxygen atoms in total. The van der Waals surface area contributed by atoms with Crippen molar-refractivity contribution in [2.45, 2.75) is 39.7 Å². The third-order valence-corrected chi connectivity index (χ3v) is 2.53. The first-order chi connectivity index (χ1) is 8.15. The lowest BCUT2D eigenvalue weighted by Gasteiger charge is -2.03. The van der Waals surface area contributed by atoms with Crippen LogP contribution in [0, 0.1) is 0 Å². The van der Waals surface area contributed by atoms with E-state index in [1.165, 1.54) is 12.2 Å². The maximum Gasteiger partial charge on any atom is 0.333 e. The molecule has 1 aromatic heterocycles. The number of nitrogens with zero attached hydrogens (tertiary/aromatic N) is 1. The van der Waals surface area contributed by atoms with Crippen LogP contribution in [0.15, 0.2) is 24.5 Å². The number of halogens is 1. The Morgan fingerprint density at radius 1 is 1.56 bits per heavy atom. The minimum Gasteiger partial charge on any atom is -1.00 e. The highest BCUT2D eigenvalue weighted by atomic mass is 35.5. The number of imidazole rings is 1. The van der Waals surface area contributed by atoms with Gasteiger partial charge in [0.25, 0.3) is 5.82 Å². The fourth-order valence-electron chi connectivity index (χ4n) is 1.53. The number of rotatable bonds is 7. The molecule has 0 aromatic carbocycles. The predicted octanol–water partition coefficient (Wildman–Crippen LogP) is -1.23. The molecule has 1 aromatic rings. The van der Waals surface area contributed by atoms with E-state index in [1.54, 1.807) is 6.92 Å². The lowest BCUT2D eigenvalue weighted by atomic mass is 10.2. The molecule has 0 bridgehead atoms. The monoisotopic (exact) mass is 272 g/mol. The molecule has 0 aliphatic rings. The van der Waals surface area contributed by atoms with E-state index in [4.69, 9.17) is 4.74 Å². The standard InChI is InChI=1S/C13H20N2O2.ClH/c1-4-5-6-12-14-7-8-15(12)9-10-17-13(16)11(2)3;/h7-8H,2,4-6,9-10H2,1,3H3;1H. The summed E-state index contributed by atoms with van der Waals surface area (Å²) >= 11 is 0. The Bertz CT molecular complexity index is 388. The summed E-state index contributed by atoms with van der Waals surface area (Å²) in [5.41, 5.74) is 0.440. The third-order valence-electron chi connectivity index (χ3n) is 2.53. The van der Waals surface area contributed by atoms with Crippen LogP contribution in [0.2, 0.25) is 0 Å². The SMILES string of the molecule is C=C(C)C(=O)OCC[n+]1cc[nH]c1CCCC.[Cl-]. The van der Waals surface area contributed by atoms with Gasteiger partial charge in [0.15, 0.2) is 0 Å². The number of ether oxygens (including phenoxy) is 1. The molecule has 0 fully saturated rings. The Morgan fingerprint density at radius 3 is 2.89 bits per heavy atom. The van der Waals surface area contributed by atoms with Crippen molar-refractivity contribution in [3.8, 4) is 0 Å². The molecule has 0 saturated carbocycles. The molecule has 1 heterocycles. The van der Waals surface area contributed by atoms with Gasteiger partial charge in [-0.1, -0.05) is 19.9 Å². The Kier molecular flexibility index (Phi) is 8.12. The molecular weight excluding hydrogens is 252 g/mol. The number of carbonyl (C=O) groups is 1. The van der Waals surface area contributed by atoms with Crippen LogP contribution < -0.4 is 17.0 Å². The molecular formula is C13H21ClN2O2. The second-order valence-corrected chi connectivity index (χ2v) is 4.12. The van der Waals surface area contributed by atoms with Gasteiger partial charge in [0.05, 0.1) is 0 Å². The molecule has 18 heavy (non-hydrogen) atoms. The highest BCUT2D eigenvalue weighted by molar-refractivity contribution is 5.86. The average molecular weight is 273 g/mol. The summed E-state index contributed by atoms with van der Waals surface area (Å²) in [6.07, 6.45) is 7.23. The molecule has 0 amide bonds. The first-order valence-electron chi connectivity index (χ1n) is 6.03. The van der Waals surface area contributed by atoms with Gasteiger partial charge in [0.2, 0.25) is 0 Å². The number of H-pyrrole nitrogens is 1. The molecule has 0 atom stereocenters. The fourth-order valence-corrected chi connectivity index (χ4v) is 1.53. The van der Waals surface area contributed by atoms with Gasteiger partial charge in [-0.2, -0.15) is 0 Å². The predicted molar refractivity (Wildman–Crippen MR) is 65.4 cm³/mol. The lowest BCUT2D eigenvalue weighted by Crippen LogP contribution is -3.00. The number of aromatic nitrogens is 2. The molecule has 0 aliphatic carbocycles. The topological polar surface area (TPSA) is 46.0 Å². The number of unbranched alkanes of at least 4 members (excludes halogenated alkanes) is 1. The molecule has 0 aliphatic heterocycles. The van der Waals surface area contributed by atoms with Crippen molar-refractivity contribution in [3.63, 3.8) is 0 Å². The van der Waals surface area contributed by atoms with Crippen LogP contribution in [-0.2, 0) is 22.5 Å². The van der Waals surface area contributed by atoms with Crippen molar-refractivity contribution >= 4 is 5.97 Å². The molecule has 5 heteroatoms. The first-order valence-corrected chi connectivity index (χ1v) is 6.03. The van der Waals surface area contributed by atoms with Crippen LogP contribution in [0.3, 0.4) is 0 Å². The highest BCUT2D eigenvalue weighted by Gasteiger charge is 2.10. The molecule has 0 saturated heterocycles. The van der Waals surface area contributed by atoms with E-state index >= 15 is 0 Å². The van der Waals surface area contributed by atoms with E-state index in [9.17, 15) is 4.79 Å². The number of aromatic amines is 1. The Balaban J connectivity index is 0.00000289. The van der Waals surface area contributed by atoms with Gasteiger partial charge in [-0.15, -0.1) is 0 Å². The van der Waals surface area contributed by atoms with Crippen molar-refractivity contribution in [3.05, 3.63) is 30.4 Å². The van der Waals surface area contributed by atoms with E-state index < -0.39 is 0 Å². The fraction of sp³-hybridized carbons (Fsp3) is 0.538.